The molecule has 0 radical (unpaired) electrons. The van der Waals surface area contributed by atoms with Gasteiger partial charge in [-0.15, -0.1) is 0 Å². The Balaban J connectivity index is 1.97. The maximum absolute atomic E-state index is 11.6. The molecule has 1 atom stereocenters. The lowest BCUT2D eigenvalue weighted by Crippen LogP contribution is -2.38. The van der Waals surface area contributed by atoms with Crippen LogP contribution in [0.25, 0.3) is 0 Å². The molecule has 4 nitrogen and oxygen atoms in total. The Morgan fingerprint density at radius 2 is 2.05 bits per heavy atom. The zero-order valence-corrected chi connectivity index (χ0v) is 12.7. The summed E-state index contributed by atoms with van der Waals surface area (Å²) in [5, 5.41) is 0. The Labute approximate surface area is 130 Å². The Morgan fingerprint density at radius 1 is 1.27 bits per heavy atom. The summed E-state index contributed by atoms with van der Waals surface area (Å²) < 4.78 is 6.16. The average molecular weight is 296 g/mol. The lowest BCUT2D eigenvalue weighted by Gasteiger charge is -2.36. The minimum absolute atomic E-state index is 0.0823. The number of fused-ring (bicyclic) bond motifs is 1. The number of hydrogen-bond donors (Lipinski definition) is 1. The van der Waals surface area contributed by atoms with E-state index in [1.165, 1.54) is 0 Å². The smallest absolute Gasteiger partial charge is 0.149 e. The highest BCUT2D eigenvalue weighted by atomic mass is 16.5. The van der Waals surface area contributed by atoms with E-state index >= 15 is 0 Å². The quantitative estimate of drug-likeness (QED) is 0.942. The van der Waals surface area contributed by atoms with Crippen molar-refractivity contribution in [2.75, 3.05) is 18.0 Å². The van der Waals surface area contributed by atoms with Crippen molar-refractivity contribution in [2.45, 2.75) is 19.6 Å². The van der Waals surface area contributed by atoms with Crippen LogP contribution in [-0.2, 0) is 11.3 Å². The molecule has 2 aromatic rings. The fraction of sp³-hybridized carbons (Fsp3) is 0.278. The number of nitrogens with two attached hydrogens (primary N) is 1. The van der Waals surface area contributed by atoms with Crippen LogP contribution in [0.2, 0.25) is 0 Å². The number of benzene rings is 2. The van der Waals surface area contributed by atoms with Gasteiger partial charge in [-0.25, -0.2) is 0 Å². The number of carbonyl (C=O) groups excluding carboxylic acids is 1. The molecular weight excluding hydrogens is 276 g/mol. The van der Waals surface area contributed by atoms with Crippen molar-refractivity contribution >= 4 is 11.5 Å². The van der Waals surface area contributed by atoms with Gasteiger partial charge >= 0.3 is 0 Å². The van der Waals surface area contributed by atoms with Crippen molar-refractivity contribution in [1.82, 2.24) is 0 Å². The summed E-state index contributed by atoms with van der Waals surface area (Å²) in [7, 11) is 0. The van der Waals surface area contributed by atoms with Crippen LogP contribution in [0.5, 0.6) is 5.75 Å². The van der Waals surface area contributed by atoms with E-state index in [4.69, 9.17) is 10.5 Å². The van der Waals surface area contributed by atoms with Crippen LogP contribution in [0.1, 0.15) is 24.2 Å². The van der Waals surface area contributed by atoms with Gasteiger partial charge in [0.1, 0.15) is 17.6 Å². The van der Waals surface area contributed by atoms with Crippen LogP contribution < -0.4 is 15.4 Å². The number of anilines is 1. The molecule has 0 saturated heterocycles. The van der Waals surface area contributed by atoms with Crippen molar-refractivity contribution in [3.05, 3.63) is 59.7 Å². The van der Waals surface area contributed by atoms with E-state index in [1.807, 2.05) is 48.5 Å². The van der Waals surface area contributed by atoms with E-state index in [0.717, 1.165) is 22.6 Å². The largest absolute Gasteiger partial charge is 0.482 e. The molecule has 4 heteroatoms. The summed E-state index contributed by atoms with van der Waals surface area (Å²) in [6.45, 7) is 3.14. The van der Waals surface area contributed by atoms with Crippen LogP contribution in [0.4, 0.5) is 5.69 Å². The van der Waals surface area contributed by atoms with E-state index in [9.17, 15) is 4.79 Å². The Hall–Kier alpha value is -2.33. The summed E-state index contributed by atoms with van der Waals surface area (Å²) in [5.74, 6) is 0.937. The second kappa shape index (κ2) is 6.20. The van der Waals surface area contributed by atoms with Gasteiger partial charge in [-0.3, -0.25) is 4.79 Å². The Bertz CT molecular complexity index is 670. The molecule has 3 rings (SSSR count). The normalized spacial score (nSPS) is 16.8. The molecule has 1 heterocycles. The second-order valence-electron chi connectivity index (χ2n) is 5.61. The average Bonchev–Trinajstić information content (AvgIpc) is 2.54. The Kier molecular flexibility index (Phi) is 4.11. The third-order valence-electron chi connectivity index (χ3n) is 3.84. The lowest BCUT2D eigenvalue weighted by molar-refractivity contribution is -0.115. The summed E-state index contributed by atoms with van der Waals surface area (Å²) in [5.41, 5.74) is 8.81. The molecule has 0 aliphatic carbocycles. The first-order valence-electron chi connectivity index (χ1n) is 7.46. The summed E-state index contributed by atoms with van der Waals surface area (Å²) in [6.07, 6.45) is -0.0823. The number of ketones is 1. The van der Waals surface area contributed by atoms with Gasteiger partial charge in [0, 0.05) is 6.54 Å². The van der Waals surface area contributed by atoms with Gasteiger partial charge in [-0.05, 0) is 30.2 Å². The van der Waals surface area contributed by atoms with E-state index < -0.39 is 0 Å². The number of Topliss-reactive ketones (excluding diaryl/α,β-unsaturated/α-hetero) is 1. The van der Waals surface area contributed by atoms with Gasteiger partial charge in [-0.2, -0.15) is 0 Å². The fourth-order valence-corrected chi connectivity index (χ4v) is 2.79. The standard InChI is InChI=1S/C18H20N2O2/c1-13(21)11-20-12-18(15-5-3-2-4-6-15)22-17-9-14(10-19)7-8-16(17)20/h2-9,18H,10-12,19H2,1H3. The third-order valence-corrected chi connectivity index (χ3v) is 3.84. The summed E-state index contributed by atoms with van der Waals surface area (Å²) in [6, 6.07) is 16.0. The van der Waals surface area contributed by atoms with E-state index in [-0.39, 0.29) is 11.9 Å². The zero-order valence-electron chi connectivity index (χ0n) is 12.7. The molecule has 1 unspecified atom stereocenters. The SMILES string of the molecule is CC(=O)CN1CC(c2ccccc2)Oc2cc(CN)ccc21. The van der Waals surface area contributed by atoms with Crippen LogP contribution in [0, 0.1) is 0 Å². The first-order chi connectivity index (χ1) is 10.7. The van der Waals surface area contributed by atoms with Gasteiger partial charge in [-0.1, -0.05) is 36.4 Å². The molecule has 2 N–H and O–H groups in total. The first-order valence-corrected chi connectivity index (χ1v) is 7.46. The molecule has 0 aromatic heterocycles. The predicted octanol–water partition coefficient (Wildman–Crippen LogP) is 2.67. The van der Waals surface area contributed by atoms with Crippen LogP contribution >= 0.6 is 0 Å². The molecule has 0 fully saturated rings. The highest BCUT2D eigenvalue weighted by Gasteiger charge is 2.27. The predicted molar refractivity (Wildman–Crippen MR) is 87.0 cm³/mol. The van der Waals surface area contributed by atoms with Crippen molar-refractivity contribution in [3.8, 4) is 5.75 Å². The second-order valence-corrected chi connectivity index (χ2v) is 5.61. The Morgan fingerprint density at radius 3 is 2.73 bits per heavy atom. The zero-order chi connectivity index (χ0) is 15.5. The minimum atomic E-state index is -0.0823. The van der Waals surface area contributed by atoms with Crippen molar-refractivity contribution < 1.29 is 9.53 Å². The molecule has 0 bridgehead atoms. The third kappa shape index (κ3) is 2.97. The summed E-state index contributed by atoms with van der Waals surface area (Å²) in [4.78, 5) is 13.7. The van der Waals surface area contributed by atoms with Gasteiger partial charge in [0.15, 0.2) is 0 Å². The number of rotatable bonds is 4. The van der Waals surface area contributed by atoms with Crippen LogP contribution in [-0.4, -0.2) is 18.9 Å². The lowest BCUT2D eigenvalue weighted by atomic mass is 10.0. The maximum atomic E-state index is 11.6. The molecular formula is C18H20N2O2. The first kappa shape index (κ1) is 14.6. The topological polar surface area (TPSA) is 55.6 Å². The molecule has 0 amide bonds. The van der Waals surface area contributed by atoms with E-state index in [1.54, 1.807) is 6.92 Å². The molecule has 22 heavy (non-hydrogen) atoms. The van der Waals surface area contributed by atoms with Crippen LogP contribution in [0.3, 0.4) is 0 Å². The van der Waals surface area contributed by atoms with Crippen molar-refractivity contribution in [1.29, 1.82) is 0 Å². The van der Waals surface area contributed by atoms with Crippen LogP contribution in [0.15, 0.2) is 48.5 Å². The van der Waals surface area contributed by atoms with Gasteiger partial charge in [0.2, 0.25) is 0 Å². The number of hydrogen-bond acceptors (Lipinski definition) is 4. The molecule has 0 saturated carbocycles. The van der Waals surface area contributed by atoms with Gasteiger partial charge in [0.05, 0.1) is 18.8 Å². The molecule has 1 aliphatic heterocycles. The van der Waals surface area contributed by atoms with Crippen molar-refractivity contribution in [3.63, 3.8) is 0 Å². The minimum Gasteiger partial charge on any atom is -0.482 e. The molecule has 2 aromatic carbocycles. The number of carbonyl (C=O) groups is 1. The molecule has 114 valence electrons. The number of nitrogens with zero attached hydrogens (tertiary/aromatic N) is 1. The number of ether oxygens (including phenoxy) is 1. The van der Waals surface area contributed by atoms with Gasteiger partial charge < -0.3 is 15.4 Å². The molecule has 1 aliphatic rings. The maximum Gasteiger partial charge on any atom is 0.149 e. The fourth-order valence-electron chi connectivity index (χ4n) is 2.79. The highest BCUT2D eigenvalue weighted by Crippen LogP contribution is 2.38. The van der Waals surface area contributed by atoms with E-state index in [2.05, 4.69) is 4.90 Å². The summed E-state index contributed by atoms with van der Waals surface area (Å²) >= 11 is 0. The molecule has 0 spiro atoms. The monoisotopic (exact) mass is 296 g/mol. The highest BCUT2D eigenvalue weighted by molar-refractivity contribution is 5.82. The van der Waals surface area contributed by atoms with E-state index in [0.29, 0.717) is 19.6 Å². The van der Waals surface area contributed by atoms with Crippen molar-refractivity contribution in [2.24, 2.45) is 5.73 Å². The van der Waals surface area contributed by atoms with Gasteiger partial charge in [0.25, 0.3) is 0 Å².